The Kier molecular flexibility index (Phi) is 6.81. The van der Waals surface area contributed by atoms with Crippen LogP contribution in [0.5, 0.6) is 5.75 Å². The van der Waals surface area contributed by atoms with Gasteiger partial charge in [0, 0.05) is 0 Å². The first-order valence-corrected chi connectivity index (χ1v) is 7.07. The Morgan fingerprint density at radius 3 is 2.48 bits per heavy atom. The fraction of sp³-hybridized carbons (Fsp3) is 0.600. The molecule has 21 heavy (non-hydrogen) atoms. The van der Waals surface area contributed by atoms with Crippen molar-refractivity contribution in [3.8, 4) is 5.75 Å². The van der Waals surface area contributed by atoms with E-state index in [1.54, 1.807) is 12.1 Å². The highest BCUT2D eigenvalue weighted by Crippen LogP contribution is 2.39. The van der Waals surface area contributed by atoms with Gasteiger partial charge in [-0.15, -0.1) is 12.4 Å². The minimum absolute atomic E-state index is 0. The molecule has 1 aromatic rings. The Labute approximate surface area is 129 Å². The molecular formula is C15H21ClF3NO. The van der Waals surface area contributed by atoms with Crippen molar-refractivity contribution in [2.75, 3.05) is 19.7 Å². The van der Waals surface area contributed by atoms with E-state index in [9.17, 15) is 13.2 Å². The van der Waals surface area contributed by atoms with Crippen molar-refractivity contribution in [2.45, 2.75) is 38.3 Å². The van der Waals surface area contributed by atoms with Gasteiger partial charge in [-0.05, 0) is 56.0 Å². The van der Waals surface area contributed by atoms with Crippen molar-refractivity contribution in [2.24, 2.45) is 0 Å². The molecule has 1 N–H and O–H groups in total. The van der Waals surface area contributed by atoms with Gasteiger partial charge in [0.15, 0.2) is 0 Å². The monoisotopic (exact) mass is 323 g/mol. The summed E-state index contributed by atoms with van der Waals surface area (Å²) in [6.07, 6.45) is -2.06. The molecule has 120 valence electrons. The maximum Gasteiger partial charge on any atom is 0.416 e. The topological polar surface area (TPSA) is 21.3 Å². The van der Waals surface area contributed by atoms with Crippen LogP contribution >= 0.6 is 12.4 Å². The maximum atomic E-state index is 13.2. The van der Waals surface area contributed by atoms with Gasteiger partial charge < -0.3 is 10.1 Å². The van der Waals surface area contributed by atoms with Crippen LogP contribution in [0.4, 0.5) is 13.2 Å². The van der Waals surface area contributed by atoms with Gasteiger partial charge in [-0.25, -0.2) is 0 Å². The van der Waals surface area contributed by atoms with Crippen molar-refractivity contribution in [1.29, 1.82) is 0 Å². The molecule has 1 heterocycles. The number of rotatable bonds is 4. The van der Waals surface area contributed by atoms with Crippen LogP contribution in [0.1, 0.15) is 43.2 Å². The highest BCUT2D eigenvalue weighted by molar-refractivity contribution is 5.85. The zero-order valence-corrected chi connectivity index (χ0v) is 12.8. The maximum absolute atomic E-state index is 13.2. The van der Waals surface area contributed by atoms with E-state index >= 15 is 0 Å². The first-order valence-electron chi connectivity index (χ1n) is 7.07. The smallest absolute Gasteiger partial charge is 0.416 e. The summed E-state index contributed by atoms with van der Waals surface area (Å²) in [5.74, 6) is 0.282. The van der Waals surface area contributed by atoms with E-state index in [0.717, 1.165) is 38.4 Å². The Morgan fingerprint density at radius 2 is 1.90 bits per heavy atom. The molecule has 1 aliphatic heterocycles. The van der Waals surface area contributed by atoms with E-state index in [-0.39, 0.29) is 18.3 Å². The Balaban J connectivity index is 0.00000220. The molecular weight excluding hydrogens is 303 g/mol. The summed E-state index contributed by atoms with van der Waals surface area (Å²) in [5.41, 5.74) is -0.138. The molecule has 2 rings (SSSR count). The van der Waals surface area contributed by atoms with E-state index in [0.29, 0.717) is 17.9 Å². The van der Waals surface area contributed by atoms with Crippen LogP contribution in [-0.4, -0.2) is 19.7 Å². The van der Waals surface area contributed by atoms with E-state index < -0.39 is 11.7 Å². The number of ether oxygens (including phenoxy) is 1. The van der Waals surface area contributed by atoms with Crippen LogP contribution in [0.2, 0.25) is 0 Å². The fourth-order valence-corrected chi connectivity index (χ4v) is 2.58. The minimum Gasteiger partial charge on any atom is -0.494 e. The van der Waals surface area contributed by atoms with Crippen molar-refractivity contribution in [3.63, 3.8) is 0 Å². The third kappa shape index (κ3) is 4.78. The van der Waals surface area contributed by atoms with Gasteiger partial charge in [-0.3, -0.25) is 0 Å². The van der Waals surface area contributed by atoms with Gasteiger partial charge in [0.2, 0.25) is 0 Å². The van der Waals surface area contributed by atoms with Gasteiger partial charge in [-0.2, -0.15) is 13.2 Å². The number of alkyl halides is 3. The van der Waals surface area contributed by atoms with Crippen LogP contribution in [0.25, 0.3) is 0 Å². The molecule has 0 atom stereocenters. The third-order valence-corrected chi connectivity index (χ3v) is 3.58. The highest BCUT2D eigenvalue weighted by atomic mass is 35.5. The van der Waals surface area contributed by atoms with Crippen LogP contribution in [0.3, 0.4) is 0 Å². The third-order valence-electron chi connectivity index (χ3n) is 3.58. The normalized spacial score (nSPS) is 16.4. The van der Waals surface area contributed by atoms with Crippen molar-refractivity contribution >= 4 is 12.4 Å². The average Bonchev–Trinajstić information content (AvgIpc) is 2.45. The second-order valence-corrected chi connectivity index (χ2v) is 5.12. The molecule has 6 heteroatoms. The summed E-state index contributed by atoms with van der Waals surface area (Å²) >= 11 is 0. The number of piperidine rings is 1. The second kappa shape index (κ2) is 7.90. The molecule has 1 aromatic carbocycles. The Morgan fingerprint density at radius 1 is 1.24 bits per heavy atom. The molecule has 1 aliphatic rings. The molecule has 2 nitrogen and oxygen atoms in total. The summed E-state index contributed by atoms with van der Waals surface area (Å²) in [6.45, 7) is 3.91. The number of hydrogen-bond donors (Lipinski definition) is 1. The molecule has 0 bridgehead atoms. The minimum atomic E-state index is -4.33. The summed E-state index contributed by atoms with van der Waals surface area (Å²) in [6, 6.07) is 4.39. The van der Waals surface area contributed by atoms with Gasteiger partial charge >= 0.3 is 6.18 Å². The molecule has 0 unspecified atom stereocenters. The quantitative estimate of drug-likeness (QED) is 0.887. The number of halogens is 4. The fourth-order valence-electron chi connectivity index (χ4n) is 2.58. The zero-order valence-electron chi connectivity index (χ0n) is 12.0. The lowest BCUT2D eigenvalue weighted by atomic mass is 9.87. The summed E-state index contributed by atoms with van der Waals surface area (Å²) in [5, 5.41) is 3.18. The summed E-state index contributed by atoms with van der Waals surface area (Å²) < 4.78 is 45.0. The van der Waals surface area contributed by atoms with E-state index in [1.165, 1.54) is 0 Å². The van der Waals surface area contributed by atoms with Gasteiger partial charge in [0.1, 0.15) is 5.75 Å². The summed E-state index contributed by atoms with van der Waals surface area (Å²) in [7, 11) is 0. The molecule has 0 amide bonds. The molecule has 1 saturated heterocycles. The molecule has 1 fully saturated rings. The highest BCUT2D eigenvalue weighted by Gasteiger charge is 2.36. The first kappa shape index (κ1) is 18.1. The van der Waals surface area contributed by atoms with Crippen LogP contribution in [-0.2, 0) is 6.18 Å². The molecule has 0 radical (unpaired) electrons. The van der Waals surface area contributed by atoms with E-state index in [2.05, 4.69) is 5.32 Å². The van der Waals surface area contributed by atoms with Gasteiger partial charge in [0.25, 0.3) is 0 Å². The van der Waals surface area contributed by atoms with Gasteiger partial charge in [0.05, 0.1) is 12.2 Å². The van der Waals surface area contributed by atoms with Crippen LogP contribution in [0.15, 0.2) is 18.2 Å². The standard InChI is InChI=1S/C15H20F3NO.ClH/c1-2-9-20-12-3-4-13(11-5-7-19-8-6-11)14(10-12)15(16,17)18;/h3-4,10-11,19H,2,5-9H2,1H3;1H. The molecule has 0 saturated carbocycles. The Bertz CT molecular complexity index is 445. The zero-order chi connectivity index (χ0) is 14.6. The SMILES string of the molecule is CCCOc1ccc(C2CCNCC2)c(C(F)(F)F)c1.Cl. The first-order chi connectivity index (χ1) is 9.52. The van der Waals surface area contributed by atoms with Gasteiger partial charge in [-0.1, -0.05) is 13.0 Å². The predicted octanol–water partition coefficient (Wildman–Crippen LogP) is 4.38. The summed E-state index contributed by atoms with van der Waals surface area (Å²) in [4.78, 5) is 0. The van der Waals surface area contributed by atoms with Crippen LogP contribution < -0.4 is 10.1 Å². The van der Waals surface area contributed by atoms with E-state index in [4.69, 9.17) is 4.74 Å². The van der Waals surface area contributed by atoms with E-state index in [1.807, 2.05) is 6.92 Å². The number of benzene rings is 1. The lowest BCUT2D eigenvalue weighted by molar-refractivity contribution is -0.138. The lowest BCUT2D eigenvalue weighted by Gasteiger charge is -2.26. The van der Waals surface area contributed by atoms with Crippen molar-refractivity contribution in [1.82, 2.24) is 5.32 Å². The second-order valence-electron chi connectivity index (χ2n) is 5.12. The number of nitrogens with one attached hydrogen (secondary N) is 1. The van der Waals surface area contributed by atoms with Crippen molar-refractivity contribution < 1.29 is 17.9 Å². The lowest BCUT2D eigenvalue weighted by Crippen LogP contribution is -2.27. The molecule has 0 aliphatic carbocycles. The largest absolute Gasteiger partial charge is 0.494 e. The van der Waals surface area contributed by atoms with Crippen LogP contribution in [0, 0.1) is 0 Å². The number of hydrogen-bond acceptors (Lipinski definition) is 2. The predicted molar refractivity (Wildman–Crippen MR) is 79.3 cm³/mol. The molecule has 0 spiro atoms. The Hall–Kier alpha value is -0.940. The molecule has 0 aromatic heterocycles. The van der Waals surface area contributed by atoms with Crippen molar-refractivity contribution in [3.05, 3.63) is 29.3 Å². The average molecular weight is 324 g/mol.